The lowest BCUT2D eigenvalue weighted by atomic mass is 9.90. The van der Waals surface area contributed by atoms with E-state index in [-0.39, 0.29) is 23.4 Å². The van der Waals surface area contributed by atoms with Crippen LogP contribution in [0, 0.1) is 42.9 Å². The van der Waals surface area contributed by atoms with Gasteiger partial charge in [-0.2, -0.15) is 0 Å². The van der Waals surface area contributed by atoms with Gasteiger partial charge in [-0.3, -0.25) is 0 Å². The number of nitrogens with one attached hydrogen (secondary N) is 3. The molecule has 0 unspecified atom stereocenters. The monoisotopic (exact) mass is 993 g/mol. The van der Waals surface area contributed by atoms with Crippen LogP contribution in [0.4, 0.5) is 22.0 Å². The third-order valence-electron chi connectivity index (χ3n) is 12.0. The summed E-state index contributed by atoms with van der Waals surface area (Å²) in [6.07, 6.45) is 6.11. The molecule has 3 aliphatic rings. The molecule has 3 aliphatic heterocycles. The van der Waals surface area contributed by atoms with Gasteiger partial charge >= 0.3 is 0 Å². The molecule has 3 saturated heterocycles. The molecule has 0 spiro atoms. The van der Waals surface area contributed by atoms with Gasteiger partial charge in [-0.1, -0.05) is 88.3 Å². The first-order valence-electron chi connectivity index (χ1n) is 22.4. The molecule has 0 bridgehead atoms. The largest absolute Gasteiger partial charge is 0.317 e. The Bertz CT molecular complexity index is 2420. The predicted octanol–water partition coefficient (Wildman–Crippen LogP) is 15.5. The number of piperidine rings is 3. The van der Waals surface area contributed by atoms with Crippen molar-refractivity contribution < 1.29 is 22.0 Å². The zero-order valence-corrected chi connectivity index (χ0v) is 40.9. The minimum Gasteiger partial charge on any atom is -0.317 e. The van der Waals surface area contributed by atoms with Crippen molar-refractivity contribution in [2.75, 3.05) is 39.3 Å². The zero-order valence-electron chi connectivity index (χ0n) is 37.0. The number of halogens is 7. The Morgan fingerprint density at radius 2 is 0.909 bits per heavy atom. The molecule has 3 heterocycles. The number of hydrogen-bond donors (Lipinski definition) is 3. The maximum Gasteiger partial charge on any atom is 0.140 e. The second-order valence-electron chi connectivity index (χ2n) is 16.8. The van der Waals surface area contributed by atoms with Crippen molar-refractivity contribution in [3.8, 4) is 0 Å². The summed E-state index contributed by atoms with van der Waals surface area (Å²) >= 11 is 16.6. The van der Waals surface area contributed by atoms with E-state index in [1.54, 1.807) is 53.9 Å². The molecule has 0 aliphatic carbocycles. The van der Waals surface area contributed by atoms with Crippen molar-refractivity contribution in [1.82, 2.24) is 16.0 Å². The SMILES string of the molecule is Cc1ccc(Sc2c(F)cccc2C2CCNCC2)c(C)c1.Fc1ccc(Sc2ccc(Cl)cc2Cl)c(C2CCNCC2)c1.Fc1ccc(Sc2ccc(F)cc2C2CCNCC2)c(F)c1. The van der Waals surface area contributed by atoms with Gasteiger partial charge < -0.3 is 16.0 Å². The standard InChI is InChI=1S/C19H22FNS.C17H16Cl2FNS.C17H16F3NS/c1-13-6-7-18(14(2)12-13)22-19-16(4-3-5-17(19)20)15-8-10-21-11-9-15;18-12-1-3-17(15(19)9-12)22-16-4-2-13(20)10-14(16)11-5-7-21-8-6-11;18-12-1-3-16(14(9-12)11-5-7-21-8-6-11)22-17-4-2-13(19)10-15(17)20/h3-7,12,15,21H,8-11H2,1-2H3;2*1-4,9-11,21H,5-8H2. The van der Waals surface area contributed by atoms with Crippen LogP contribution in [0.3, 0.4) is 0 Å². The average molecular weight is 995 g/mol. The summed E-state index contributed by atoms with van der Waals surface area (Å²) in [6, 6.07) is 30.5. The molecule has 13 heteroatoms. The van der Waals surface area contributed by atoms with Crippen molar-refractivity contribution in [1.29, 1.82) is 0 Å². The Morgan fingerprint density at radius 3 is 1.42 bits per heavy atom. The Balaban J connectivity index is 0.000000147. The van der Waals surface area contributed by atoms with Crippen LogP contribution in [0.1, 0.15) is 84.1 Å². The topological polar surface area (TPSA) is 36.1 Å². The molecule has 9 rings (SSSR count). The van der Waals surface area contributed by atoms with E-state index in [9.17, 15) is 22.0 Å². The molecule has 0 aromatic heterocycles. The van der Waals surface area contributed by atoms with Crippen molar-refractivity contribution in [2.24, 2.45) is 0 Å². The van der Waals surface area contributed by atoms with Crippen LogP contribution in [-0.4, -0.2) is 39.3 Å². The second kappa shape index (κ2) is 24.7. The Labute approximate surface area is 408 Å². The van der Waals surface area contributed by atoms with Gasteiger partial charge in [0.2, 0.25) is 0 Å². The van der Waals surface area contributed by atoms with Gasteiger partial charge in [0, 0.05) is 35.6 Å². The first-order valence-corrected chi connectivity index (χ1v) is 25.6. The lowest BCUT2D eigenvalue weighted by Crippen LogP contribution is -2.27. The molecule has 0 radical (unpaired) electrons. The van der Waals surface area contributed by atoms with E-state index in [1.807, 2.05) is 24.3 Å². The van der Waals surface area contributed by atoms with Crippen molar-refractivity contribution in [3.63, 3.8) is 0 Å². The minimum atomic E-state index is -0.598. The summed E-state index contributed by atoms with van der Waals surface area (Å²) in [5.41, 5.74) is 5.62. The number of aryl methyl sites for hydroxylation is 2. The minimum absolute atomic E-state index is 0.0963. The molecule has 0 saturated carbocycles. The van der Waals surface area contributed by atoms with Crippen LogP contribution < -0.4 is 16.0 Å². The van der Waals surface area contributed by atoms with Crippen LogP contribution in [0.15, 0.2) is 139 Å². The Kier molecular flexibility index (Phi) is 18.8. The predicted molar refractivity (Wildman–Crippen MR) is 265 cm³/mol. The molecular formula is C53H54Cl2F5N3S3. The van der Waals surface area contributed by atoms with Gasteiger partial charge in [-0.15, -0.1) is 0 Å². The Morgan fingerprint density at radius 1 is 0.439 bits per heavy atom. The molecule has 6 aromatic rings. The number of hydrogen-bond acceptors (Lipinski definition) is 6. The van der Waals surface area contributed by atoms with E-state index in [1.165, 1.54) is 52.7 Å². The summed E-state index contributed by atoms with van der Waals surface area (Å²) in [5, 5.41) is 11.3. The summed E-state index contributed by atoms with van der Waals surface area (Å²) < 4.78 is 68.6. The quantitative estimate of drug-likeness (QED) is 0.125. The maximum absolute atomic E-state index is 14.5. The lowest BCUT2D eigenvalue weighted by Gasteiger charge is -2.25. The van der Waals surface area contributed by atoms with Crippen LogP contribution in [0.2, 0.25) is 10.0 Å². The summed E-state index contributed by atoms with van der Waals surface area (Å²) in [4.78, 5) is 5.14. The highest BCUT2D eigenvalue weighted by molar-refractivity contribution is 8.00. The maximum atomic E-state index is 14.5. The summed E-state index contributed by atoms with van der Waals surface area (Å²) in [6.45, 7) is 9.99. The van der Waals surface area contributed by atoms with Gasteiger partial charge in [-0.05, 0) is 211 Å². The first kappa shape index (κ1) is 50.4. The fourth-order valence-corrected chi connectivity index (χ4v) is 12.2. The molecule has 3 N–H and O–H groups in total. The fourth-order valence-electron chi connectivity index (χ4n) is 8.59. The molecule has 0 atom stereocenters. The van der Waals surface area contributed by atoms with Gasteiger partial charge in [0.1, 0.15) is 29.1 Å². The molecule has 6 aromatic carbocycles. The van der Waals surface area contributed by atoms with Gasteiger partial charge in [0.25, 0.3) is 0 Å². The van der Waals surface area contributed by atoms with Crippen molar-refractivity contribution in [3.05, 3.63) is 176 Å². The van der Waals surface area contributed by atoms with E-state index < -0.39 is 11.6 Å². The van der Waals surface area contributed by atoms with E-state index in [0.717, 1.165) is 119 Å². The lowest BCUT2D eigenvalue weighted by molar-refractivity contribution is 0.452. The van der Waals surface area contributed by atoms with E-state index in [2.05, 4.69) is 54.1 Å². The smallest absolute Gasteiger partial charge is 0.140 e. The molecule has 348 valence electrons. The van der Waals surface area contributed by atoms with Crippen molar-refractivity contribution >= 4 is 58.5 Å². The van der Waals surface area contributed by atoms with Gasteiger partial charge in [0.15, 0.2) is 0 Å². The highest BCUT2D eigenvalue weighted by Gasteiger charge is 2.23. The van der Waals surface area contributed by atoms with E-state index >= 15 is 0 Å². The first-order chi connectivity index (χ1) is 31.9. The normalized spacial score (nSPS) is 16.0. The molecule has 3 nitrogen and oxygen atoms in total. The highest BCUT2D eigenvalue weighted by atomic mass is 35.5. The third kappa shape index (κ3) is 14.0. The number of benzene rings is 6. The van der Waals surface area contributed by atoms with E-state index in [0.29, 0.717) is 26.8 Å². The average Bonchev–Trinajstić information content (AvgIpc) is 3.32. The van der Waals surface area contributed by atoms with Crippen LogP contribution in [0.5, 0.6) is 0 Å². The van der Waals surface area contributed by atoms with Crippen LogP contribution >= 0.6 is 58.5 Å². The zero-order chi connectivity index (χ0) is 46.6. The third-order valence-corrected chi connectivity index (χ3v) is 16.3. The molecular weight excluding hydrogens is 941 g/mol. The summed E-state index contributed by atoms with van der Waals surface area (Å²) in [7, 11) is 0. The fraction of sp³-hybridized carbons (Fsp3) is 0.321. The molecule has 0 amide bonds. The highest BCUT2D eigenvalue weighted by Crippen LogP contribution is 2.43. The molecule has 3 fully saturated rings. The molecule has 66 heavy (non-hydrogen) atoms. The van der Waals surface area contributed by atoms with Crippen LogP contribution in [0.25, 0.3) is 0 Å². The van der Waals surface area contributed by atoms with Crippen molar-refractivity contribution in [2.45, 2.75) is 99.5 Å². The van der Waals surface area contributed by atoms with E-state index in [4.69, 9.17) is 23.2 Å². The number of rotatable bonds is 9. The Hall–Kier alpha value is -3.52. The second-order valence-corrected chi connectivity index (χ2v) is 20.9. The van der Waals surface area contributed by atoms with Gasteiger partial charge in [0.05, 0.1) is 9.92 Å². The van der Waals surface area contributed by atoms with Gasteiger partial charge in [-0.25, -0.2) is 22.0 Å². The van der Waals surface area contributed by atoms with Crippen LogP contribution in [-0.2, 0) is 0 Å². The summed E-state index contributed by atoms with van der Waals surface area (Å²) in [5.74, 6) is -0.623.